The number of ether oxygens (including phenoxy) is 4. The Bertz CT molecular complexity index is 1110. The highest BCUT2D eigenvalue weighted by Gasteiger charge is 2.98. The van der Waals surface area contributed by atoms with Gasteiger partial charge in [-0.2, -0.15) is 0 Å². The van der Waals surface area contributed by atoms with E-state index in [-0.39, 0.29) is 46.3 Å². The van der Waals surface area contributed by atoms with Crippen LogP contribution in [0.4, 0.5) is 0 Å². The minimum Gasteiger partial charge on any atom is -0.458 e. The summed E-state index contributed by atoms with van der Waals surface area (Å²) in [4.78, 5) is 12.3. The molecule has 0 amide bonds. The van der Waals surface area contributed by atoms with Crippen molar-refractivity contribution in [3.05, 3.63) is 47.0 Å². The third kappa shape index (κ3) is 1.96. The number of rotatable bonds is 4. The molecule has 3 heterocycles. The van der Waals surface area contributed by atoms with Crippen molar-refractivity contribution in [2.75, 3.05) is 6.61 Å². The van der Waals surface area contributed by atoms with Gasteiger partial charge in [0.1, 0.15) is 23.9 Å². The first-order valence-electron chi connectivity index (χ1n) is 12.8. The van der Waals surface area contributed by atoms with Crippen LogP contribution in [0, 0.1) is 28.6 Å². The van der Waals surface area contributed by atoms with Gasteiger partial charge in [0.15, 0.2) is 0 Å². The second-order valence-corrected chi connectivity index (χ2v) is 12.2. The number of esters is 1. The zero-order chi connectivity index (χ0) is 22.4. The lowest BCUT2D eigenvalue weighted by Crippen LogP contribution is -2.65. The first-order chi connectivity index (χ1) is 15.9. The average Bonchev–Trinajstić information content (AvgIpc) is 3.71. The predicted molar refractivity (Wildman–Crippen MR) is 119 cm³/mol. The first kappa shape index (κ1) is 19.6. The molecule has 3 saturated carbocycles. The summed E-state index contributed by atoms with van der Waals surface area (Å²) >= 11 is 0. The lowest BCUT2D eigenvalue weighted by atomic mass is 9.45. The van der Waals surface area contributed by atoms with Gasteiger partial charge in [0.05, 0.1) is 18.8 Å². The number of hydrogen-bond acceptors (Lipinski definition) is 5. The molecule has 0 N–H and O–H groups in total. The molecule has 4 aliphatic carbocycles. The Hall–Kier alpha value is -1.69. The van der Waals surface area contributed by atoms with Crippen LogP contribution < -0.4 is 0 Å². The maximum absolute atomic E-state index is 12.3. The average molecular weight is 449 g/mol. The van der Waals surface area contributed by atoms with Crippen LogP contribution in [-0.2, 0) is 30.3 Å². The summed E-state index contributed by atoms with van der Waals surface area (Å²) < 4.78 is 25.9. The molecule has 2 spiro atoms. The second kappa shape index (κ2) is 5.75. The van der Waals surface area contributed by atoms with Crippen LogP contribution in [0.5, 0.6) is 0 Å². The predicted octanol–water partition coefficient (Wildman–Crippen LogP) is 4.20. The fourth-order valence-corrected chi connectivity index (χ4v) is 9.51. The van der Waals surface area contributed by atoms with Crippen molar-refractivity contribution in [3.63, 3.8) is 0 Å². The highest BCUT2D eigenvalue weighted by atomic mass is 16.7. The molecule has 0 aromatic heterocycles. The van der Waals surface area contributed by atoms with Gasteiger partial charge in [-0.05, 0) is 60.0 Å². The molecule has 174 valence electrons. The SMILES string of the molecule is CC(C)C12OC1C1CC13C1(C)CCC4=C(COC4=O)C1CC1OC13C2OCc1ccccc1. The highest BCUT2D eigenvalue weighted by molar-refractivity contribution is 5.92. The lowest BCUT2D eigenvalue weighted by molar-refractivity contribution is -0.141. The van der Waals surface area contributed by atoms with E-state index in [0.717, 1.165) is 31.3 Å². The number of carbonyl (C=O) groups is 1. The fourth-order valence-electron chi connectivity index (χ4n) is 9.51. The standard InChI is InChI=1S/C28H32O5/c1-15(2)27-22(33-27)20-12-26(20)25(3)10-9-17-18(14-30-23(17)29)19(25)11-21-28(26,32-21)24(27)31-13-16-7-5-4-6-8-16/h4-8,15,19-22,24H,9-14H2,1-3H3. The molecule has 5 heteroatoms. The van der Waals surface area contributed by atoms with Gasteiger partial charge in [-0.3, -0.25) is 0 Å². The van der Waals surface area contributed by atoms with Crippen LogP contribution in [0.3, 0.4) is 0 Å². The molecule has 0 bridgehead atoms. The lowest BCUT2D eigenvalue weighted by Gasteiger charge is -2.56. The molecule has 0 radical (unpaired) electrons. The molecule has 7 aliphatic rings. The topological polar surface area (TPSA) is 60.6 Å². The zero-order valence-corrected chi connectivity index (χ0v) is 19.6. The Morgan fingerprint density at radius 3 is 2.79 bits per heavy atom. The Kier molecular flexibility index (Phi) is 3.41. The molecule has 3 aliphatic heterocycles. The summed E-state index contributed by atoms with van der Waals surface area (Å²) in [6, 6.07) is 10.5. The quantitative estimate of drug-likeness (QED) is 0.510. The van der Waals surface area contributed by atoms with Crippen LogP contribution in [-0.4, -0.2) is 42.1 Å². The van der Waals surface area contributed by atoms with Gasteiger partial charge in [0.2, 0.25) is 0 Å². The first-order valence-corrected chi connectivity index (χ1v) is 12.8. The van der Waals surface area contributed by atoms with Crippen molar-refractivity contribution >= 4 is 5.97 Å². The van der Waals surface area contributed by atoms with Gasteiger partial charge in [-0.1, -0.05) is 51.1 Å². The van der Waals surface area contributed by atoms with E-state index in [2.05, 4.69) is 45.0 Å². The Morgan fingerprint density at radius 1 is 1.18 bits per heavy atom. The molecule has 1 aromatic carbocycles. The fraction of sp³-hybridized carbons (Fsp3) is 0.679. The summed E-state index contributed by atoms with van der Waals surface area (Å²) in [6.07, 6.45) is 4.42. The Labute approximate surface area is 194 Å². The minimum atomic E-state index is -0.253. The molecule has 9 atom stereocenters. The molecule has 9 unspecified atom stereocenters. The zero-order valence-electron chi connectivity index (χ0n) is 19.6. The van der Waals surface area contributed by atoms with E-state index >= 15 is 0 Å². The van der Waals surface area contributed by atoms with Crippen LogP contribution in [0.25, 0.3) is 0 Å². The van der Waals surface area contributed by atoms with Crippen LogP contribution in [0.1, 0.15) is 52.0 Å². The van der Waals surface area contributed by atoms with E-state index in [1.807, 2.05) is 6.07 Å². The molecule has 5 nitrogen and oxygen atoms in total. The molecular weight excluding hydrogens is 416 g/mol. The highest BCUT2D eigenvalue weighted by Crippen LogP contribution is 2.90. The number of cyclic esters (lactones) is 1. The van der Waals surface area contributed by atoms with Crippen LogP contribution in [0.2, 0.25) is 0 Å². The minimum absolute atomic E-state index is 0.0476. The van der Waals surface area contributed by atoms with E-state index in [0.29, 0.717) is 31.0 Å². The van der Waals surface area contributed by atoms with E-state index in [1.165, 1.54) is 11.1 Å². The maximum atomic E-state index is 12.3. The molecule has 2 saturated heterocycles. The second-order valence-electron chi connectivity index (χ2n) is 12.2. The van der Waals surface area contributed by atoms with E-state index in [9.17, 15) is 4.79 Å². The summed E-state index contributed by atoms with van der Waals surface area (Å²) in [5, 5.41) is 0. The molecular formula is C28H32O5. The summed E-state index contributed by atoms with van der Waals surface area (Å²) in [5.74, 6) is 1.21. The van der Waals surface area contributed by atoms with Gasteiger partial charge >= 0.3 is 5.97 Å². The third-order valence-corrected chi connectivity index (χ3v) is 11.1. The normalized spacial score (nSPS) is 52.1. The van der Waals surface area contributed by atoms with Crippen molar-refractivity contribution in [1.82, 2.24) is 0 Å². The Balaban J connectivity index is 1.22. The maximum Gasteiger partial charge on any atom is 0.334 e. The summed E-state index contributed by atoms with van der Waals surface area (Å²) in [7, 11) is 0. The summed E-state index contributed by atoms with van der Waals surface area (Å²) in [5.41, 5.74) is 3.13. The van der Waals surface area contributed by atoms with Crippen LogP contribution >= 0.6 is 0 Å². The number of benzene rings is 1. The molecule has 33 heavy (non-hydrogen) atoms. The number of hydrogen-bond donors (Lipinski definition) is 0. The Morgan fingerprint density at radius 2 is 2.00 bits per heavy atom. The van der Waals surface area contributed by atoms with Gasteiger partial charge in [-0.25, -0.2) is 4.79 Å². The van der Waals surface area contributed by atoms with Gasteiger partial charge in [0, 0.05) is 11.0 Å². The van der Waals surface area contributed by atoms with E-state index in [4.69, 9.17) is 18.9 Å². The number of epoxide rings is 2. The van der Waals surface area contributed by atoms with E-state index < -0.39 is 0 Å². The molecule has 1 aromatic rings. The molecule has 8 rings (SSSR count). The van der Waals surface area contributed by atoms with Crippen molar-refractivity contribution in [2.45, 2.75) is 82.6 Å². The number of fused-ring (bicyclic) bond motifs is 4. The van der Waals surface area contributed by atoms with Crippen LogP contribution in [0.15, 0.2) is 41.5 Å². The van der Waals surface area contributed by atoms with Crippen molar-refractivity contribution < 1.29 is 23.7 Å². The van der Waals surface area contributed by atoms with Crippen molar-refractivity contribution in [2.24, 2.45) is 28.6 Å². The summed E-state index contributed by atoms with van der Waals surface area (Å²) in [6.45, 7) is 8.14. The van der Waals surface area contributed by atoms with E-state index in [1.54, 1.807) is 0 Å². The molecule has 5 fully saturated rings. The number of carbonyl (C=O) groups excluding carboxylic acids is 1. The van der Waals surface area contributed by atoms with Gasteiger partial charge in [-0.15, -0.1) is 0 Å². The van der Waals surface area contributed by atoms with Gasteiger partial charge < -0.3 is 18.9 Å². The monoisotopic (exact) mass is 448 g/mol. The largest absolute Gasteiger partial charge is 0.458 e. The smallest absolute Gasteiger partial charge is 0.334 e. The van der Waals surface area contributed by atoms with Gasteiger partial charge in [0.25, 0.3) is 0 Å². The third-order valence-electron chi connectivity index (χ3n) is 11.1. The van der Waals surface area contributed by atoms with Crippen molar-refractivity contribution in [1.29, 1.82) is 0 Å². The van der Waals surface area contributed by atoms with Crippen molar-refractivity contribution in [3.8, 4) is 0 Å².